The number of carboxylic acid groups (broad SMARTS) is 1. The molecule has 0 radical (unpaired) electrons. The standard InChI is InChI=1S/C37H20F2N2O2/c38-31-18-9-26(10-19-31)3-1-24-5-13-28(14-6-24)35-36(41-34-23-30(37(42)43)17-22-33(34)40-35)29-15-7-25(8-16-29)2-4-27-11-20-32(39)21-12-27/h5-23H,(H,42,43)/p-1. The van der Waals surface area contributed by atoms with E-state index in [1.54, 1.807) is 30.3 Å². The van der Waals surface area contributed by atoms with Crippen LogP contribution < -0.4 is 5.11 Å². The second-order valence-electron chi connectivity index (χ2n) is 9.58. The van der Waals surface area contributed by atoms with Crippen LogP contribution >= 0.6 is 0 Å². The van der Waals surface area contributed by atoms with Crippen LogP contribution in [0.5, 0.6) is 0 Å². The third kappa shape index (κ3) is 6.30. The van der Waals surface area contributed by atoms with E-state index in [-0.39, 0.29) is 17.2 Å². The highest BCUT2D eigenvalue weighted by molar-refractivity contribution is 5.93. The molecular formula is C37H19F2N2O2-. The van der Waals surface area contributed by atoms with Gasteiger partial charge in [-0.1, -0.05) is 54.0 Å². The van der Waals surface area contributed by atoms with E-state index >= 15 is 0 Å². The Morgan fingerprint density at radius 3 is 1.28 bits per heavy atom. The van der Waals surface area contributed by atoms with E-state index in [1.807, 2.05) is 48.5 Å². The van der Waals surface area contributed by atoms with Crippen LogP contribution in [0.2, 0.25) is 0 Å². The molecule has 1 aromatic heterocycles. The molecule has 0 bridgehead atoms. The molecule has 0 spiro atoms. The highest BCUT2D eigenvalue weighted by Crippen LogP contribution is 2.31. The first-order valence-corrected chi connectivity index (χ1v) is 13.2. The van der Waals surface area contributed by atoms with Crippen LogP contribution in [0.3, 0.4) is 0 Å². The van der Waals surface area contributed by atoms with Crippen LogP contribution in [0.15, 0.2) is 115 Å². The number of hydrogen-bond donors (Lipinski definition) is 0. The van der Waals surface area contributed by atoms with E-state index in [0.717, 1.165) is 22.3 Å². The molecular weight excluding hydrogens is 542 g/mol. The van der Waals surface area contributed by atoms with Gasteiger partial charge in [0.2, 0.25) is 0 Å². The van der Waals surface area contributed by atoms with Crippen molar-refractivity contribution in [3.05, 3.63) is 155 Å². The fourth-order valence-corrected chi connectivity index (χ4v) is 4.36. The quantitative estimate of drug-likeness (QED) is 0.235. The highest BCUT2D eigenvalue weighted by atomic mass is 19.1. The Hall–Kier alpha value is -6.11. The molecule has 6 rings (SSSR count). The van der Waals surface area contributed by atoms with E-state index < -0.39 is 5.97 Å². The summed E-state index contributed by atoms with van der Waals surface area (Å²) in [7, 11) is 0. The molecule has 0 N–H and O–H groups in total. The lowest BCUT2D eigenvalue weighted by Crippen LogP contribution is -2.22. The summed E-state index contributed by atoms with van der Waals surface area (Å²) in [5.74, 6) is 10.3. The molecule has 6 heteroatoms. The SMILES string of the molecule is O=C([O-])c1ccc2nc(-c3ccc(C#Cc4ccc(F)cc4)cc3)c(-c3ccc(C#Cc4ccc(F)cc4)cc3)nc2c1. The van der Waals surface area contributed by atoms with E-state index in [9.17, 15) is 18.7 Å². The van der Waals surface area contributed by atoms with Crippen molar-refractivity contribution in [2.75, 3.05) is 0 Å². The number of fused-ring (bicyclic) bond motifs is 1. The lowest BCUT2D eigenvalue weighted by molar-refractivity contribution is -0.255. The topological polar surface area (TPSA) is 65.9 Å². The maximum Gasteiger partial charge on any atom is 0.123 e. The van der Waals surface area contributed by atoms with Gasteiger partial charge in [-0.25, -0.2) is 18.7 Å². The van der Waals surface area contributed by atoms with Crippen LogP contribution in [0.25, 0.3) is 33.5 Å². The summed E-state index contributed by atoms with van der Waals surface area (Å²) < 4.78 is 26.4. The first-order valence-electron chi connectivity index (χ1n) is 13.2. The number of aromatic nitrogens is 2. The summed E-state index contributed by atoms with van der Waals surface area (Å²) >= 11 is 0. The van der Waals surface area contributed by atoms with Crippen molar-refractivity contribution < 1.29 is 18.7 Å². The second-order valence-corrected chi connectivity index (χ2v) is 9.58. The van der Waals surface area contributed by atoms with Crippen molar-refractivity contribution >= 4 is 17.0 Å². The number of carboxylic acids is 1. The van der Waals surface area contributed by atoms with Gasteiger partial charge in [0.1, 0.15) is 11.6 Å². The molecule has 4 nitrogen and oxygen atoms in total. The largest absolute Gasteiger partial charge is 0.545 e. The number of benzene rings is 5. The maximum atomic E-state index is 13.2. The molecule has 1 heterocycles. The van der Waals surface area contributed by atoms with Gasteiger partial charge in [0.05, 0.1) is 28.4 Å². The molecule has 43 heavy (non-hydrogen) atoms. The lowest BCUT2D eigenvalue weighted by atomic mass is 10.0. The zero-order valence-electron chi connectivity index (χ0n) is 22.4. The average Bonchev–Trinajstić information content (AvgIpc) is 3.04. The molecule has 0 saturated heterocycles. The van der Waals surface area contributed by atoms with Crippen molar-refractivity contribution in [2.24, 2.45) is 0 Å². The monoisotopic (exact) mass is 561 g/mol. The molecule has 0 fully saturated rings. The van der Waals surface area contributed by atoms with Crippen molar-refractivity contribution in [3.8, 4) is 46.2 Å². The molecule has 0 saturated carbocycles. The van der Waals surface area contributed by atoms with Gasteiger partial charge in [-0.05, 0) is 90.5 Å². The van der Waals surface area contributed by atoms with Gasteiger partial charge < -0.3 is 9.90 Å². The maximum absolute atomic E-state index is 13.2. The number of carbonyl (C=O) groups excluding carboxylic acids is 1. The van der Waals surface area contributed by atoms with Crippen molar-refractivity contribution in [2.45, 2.75) is 0 Å². The Kier molecular flexibility index (Phi) is 7.42. The summed E-state index contributed by atoms with van der Waals surface area (Å²) in [5.41, 5.74) is 6.61. The van der Waals surface area contributed by atoms with Gasteiger partial charge >= 0.3 is 0 Å². The van der Waals surface area contributed by atoms with Gasteiger partial charge in [0.15, 0.2) is 0 Å². The Balaban J connectivity index is 1.37. The fourth-order valence-electron chi connectivity index (χ4n) is 4.36. The zero-order chi connectivity index (χ0) is 29.8. The summed E-state index contributed by atoms with van der Waals surface area (Å²) in [4.78, 5) is 21.1. The van der Waals surface area contributed by atoms with Crippen molar-refractivity contribution in [1.29, 1.82) is 0 Å². The van der Waals surface area contributed by atoms with E-state index in [1.165, 1.54) is 36.4 Å². The second kappa shape index (κ2) is 11.8. The summed E-state index contributed by atoms with van der Waals surface area (Å²) in [6.07, 6.45) is 0. The Bertz CT molecular complexity index is 2100. The van der Waals surface area contributed by atoms with Gasteiger partial charge in [-0.2, -0.15) is 0 Å². The fraction of sp³-hybridized carbons (Fsp3) is 0. The number of hydrogen-bond acceptors (Lipinski definition) is 4. The molecule has 204 valence electrons. The van der Waals surface area contributed by atoms with Crippen LogP contribution in [-0.4, -0.2) is 15.9 Å². The number of carbonyl (C=O) groups is 1. The molecule has 5 aromatic carbocycles. The average molecular weight is 562 g/mol. The van der Waals surface area contributed by atoms with E-state index in [2.05, 4.69) is 23.7 Å². The smallest absolute Gasteiger partial charge is 0.123 e. The Labute approximate surface area is 246 Å². The van der Waals surface area contributed by atoms with Gasteiger partial charge in [-0.3, -0.25) is 0 Å². The van der Waals surface area contributed by atoms with Crippen LogP contribution in [0, 0.1) is 35.3 Å². The number of rotatable bonds is 3. The van der Waals surface area contributed by atoms with Crippen LogP contribution in [0.4, 0.5) is 8.78 Å². The third-order valence-electron chi connectivity index (χ3n) is 6.61. The number of halogens is 2. The summed E-state index contributed by atoms with van der Waals surface area (Å²) in [6, 6.07) is 31.4. The lowest BCUT2D eigenvalue weighted by Gasteiger charge is -2.12. The first kappa shape index (κ1) is 27.1. The highest BCUT2D eigenvalue weighted by Gasteiger charge is 2.14. The molecule has 0 unspecified atom stereocenters. The van der Waals surface area contributed by atoms with Crippen molar-refractivity contribution in [1.82, 2.24) is 9.97 Å². The molecule has 0 aliphatic carbocycles. The van der Waals surface area contributed by atoms with Crippen LogP contribution in [0.1, 0.15) is 32.6 Å². The normalized spacial score (nSPS) is 10.4. The van der Waals surface area contributed by atoms with Crippen molar-refractivity contribution in [3.63, 3.8) is 0 Å². The molecule has 0 aliphatic rings. The van der Waals surface area contributed by atoms with Crippen LogP contribution in [-0.2, 0) is 0 Å². The minimum absolute atomic E-state index is 0.0102. The Morgan fingerprint density at radius 2 is 0.884 bits per heavy atom. The number of aromatic carboxylic acids is 1. The molecule has 0 aliphatic heterocycles. The molecule has 0 atom stereocenters. The van der Waals surface area contributed by atoms with E-state index in [4.69, 9.17) is 9.97 Å². The molecule has 0 amide bonds. The van der Waals surface area contributed by atoms with Gasteiger partial charge in [0.25, 0.3) is 0 Å². The Morgan fingerprint density at radius 1 is 0.512 bits per heavy atom. The third-order valence-corrected chi connectivity index (χ3v) is 6.61. The minimum atomic E-state index is -1.30. The predicted octanol–water partition coefficient (Wildman–Crippen LogP) is 6.41. The summed E-state index contributed by atoms with van der Waals surface area (Å²) in [6.45, 7) is 0. The number of nitrogens with zero attached hydrogens (tertiary/aromatic N) is 2. The first-order chi connectivity index (χ1) is 20.9. The minimum Gasteiger partial charge on any atom is -0.545 e. The van der Waals surface area contributed by atoms with E-state index in [0.29, 0.717) is 33.5 Å². The molecule has 6 aromatic rings. The van der Waals surface area contributed by atoms with Gasteiger partial charge in [-0.15, -0.1) is 0 Å². The zero-order valence-corrected chi connectivity index (χ0v) is 22.4. The van der Waals surface area contributed by atoms with Gasteiger partial charge in [0, 0.05) is 33.4 Å². The predicted molar refractivity (Wildman–Crippen MR) is 160 cm³/mol. The summed E-state index contributed by atoms with van der Waals surface area (Å²) in [5, 5.41) is 11.5.